The van der Waals surface area contributed by atoms with E-state index in [9.17, 15) is 4.79 Å². The minimum Gasteiger partial charge on any atom is -0.351 e. The van der Waals surface area contributed by atoms with Gasteiger partial charge in [0.2, 0.25) is 5.91 Å². The van der Waals surface area contributed by atoms with Crippen LogP contribution in [0.1, 0.15) is 20.8 Å². The highest BCUT2D eigenvalue weighted by Crippen LogP contribution is 2.15. The molecule has 1 fully saturated rings. The van der Waals surface area contributed by atoms with E-state index in [0.717, 1.165) is 13.1 Å². The third kappa shape index (κ3) is 4.61. The van der Waals surface area contributed by atoms with E-state index in [-0.39, 0.29) is 18.1 Å². The van der Waals surface area contributed by atoms with Crippen molar-refractivity contribution < 1.29 is 14.3 Å². The maximum absolute atomic E-state index is 11.9. The molecule has 0 unspecified atom stereocenters. The van der Waals surface area contributed by atoms with Crippen molar-refractivity contribution in [3.63, 3.8) is 0 Å². The maximum Gasteiger partial charge on any atom is 0.224 e. The summed E-state index contributed by atoms with van der Waals surface area (Å²) in [5, 5.41) is 6.11. The number of carbonyl (C=O) groups excluding carboxylic acids is 1. The summed E-state index contributed by atoms with van der Waals surface area (Å²) in [4.78, 5) is 11.9. The van der Waals surface area contributed by atoms with Gasteiger partial charge in [-0.1, -0.05) is 6.92 Å². The molecule has 100 valence electrons. The molecule has 2 atom stereocenters. The van der Waals surface area contributed by atoms with E-state index in [4.69, 9.17) is 9.47 Å². The second kappa shape index (κ2) is 7.63. The maximum atomic E-state index is 11.9. The van der Waals surface area contributed by atoms with E-state index in [1.54, 1.807) is 0 Å². The van der Waals surface area contributed by atoms with Gasteiger partial charge < -0.3 is 20.1 Å². The summed E-state index contributed by atoms with van der Waals surface area (Å²) in [5.74, 6) is 0.554. The van der Waals surface area contributed by atoms with Crippen LogP contribution in [0.15, 0.2) is 0 Å². The molecule has 17 heavy (non-hydrogen) atoms. The van der Waals surface area contributed by atoms with Gasteiger partial charge in [-0.05, 0) is 26.3 Å². The minimum atomic E-state index is -0.335. The SMILES string of the molecule is CCOC(CNC(=O)[C@@H]1CNC[C@H]1C)OCC. The third-order valence-corrected chi connectivity index (χ3v) is 3.00. The molecule has 0 aromatic carbocycles. The minimum absolute atomic E-state index is 0.0684. The molecular formula is C12H24N2O3. The van der Waals surface area contributed by atoms with Crippen LogP contribution in [-0.2, 0) is 14.3 Å². The molecule has 1 rings (SSSR count). The van der Waals surface area contributed by atoms with E-state index in [2.05, 4.69) is 17.6 Å². The Morgan fingerprint density at radius 3 is 2.47 bits per heavy atom. The molecule has 2 N–H and O–H groups in total. The molecule has 1 saturated heterocycles. The first kappa shape index (κ1) is 14.4. The fourth-order valence-corrected chi connectivity index (χ4v) is 2.01. The number of hydrogen-bond donors (Lipinski definition) is 2. The van der Waals surface area contributed by atoms with Crippen LogP contribution in [0.2, 0.25) is 0 Å². The van der Waals surface area contributed by atoms with Gasteiger partial charge in [0, 0.05) is 19.8 Å². The van der Waals surface area contributed by atoms with Crippen molar-refractivity contribution in [2.45, 2.75) is 27.1 Å². The van der Waals surface area contributed by atoms with Crippen molar-refractivity contribution in [1.82, 2.24) is 10.6 Å². The second-order valence-corrected chi connectivity index (χ2v) is 4.33. The monoisotopic (exact) mass is 244 g/mol. The second-order valence-electron chi connectivity index (χ2n) is 4.33. The highest BCUT2D eigenvalue weighted by molar-refractivity contribution is 5.79. The van der Waals surface area contributed by atoms with Crippen LogP contribution < -0.4 is 10.6 Å². The van der Waals surface area contributed by atoms with Gasteiger partial charge in [0.15, 0.2) is 6.29 Å². The number of amides is 1. The molecular weight excluding hydrogens is 220 g/mol. The van der Waals surface area contributed by atoms with Crippen molar-refractivity contribution in [2.24, 2.45) is 11.8 Å². The molecule has 0 aliphatic carbocycles. The van der Waals surface area contributed by atoms with Gasteiger partial charge in [-0.3, -0.25) is 4.79 Å². The van der Waals surface area contributed by atoms with E-state index in [0.29, 0.717) is 25.7 Å². The summed E-state index contributed by atoms with van der Waals surface area (Å²) in [5.41, 5.74) is 0. The Morgan fingerprint density at radius 2 is 2.00 bits per heavy atom. The summed E-state index contributed by atoms with van der Waals surface area (Å²) in [7, 11) is 0. The largest absolute Gasteiger partial charge is 0.351 e. The smallest absolute Gasteiger partial charge is 0.224 e. The number of ether oxygens (including phenoxy) is 2. The first-order chi connectivity index (χ1) is 8.19. The molecule has 1 heterocycles. The van der Waals surface area contributed by atoms with E-state index < -0.39 is 0 Å². The van der Waals surface area contributed by atoms with Crippen molar-refractivity contribution in [3.8, 4) is 0 Å². The first-order valence-corrected chi connectivity index (χ1v) is 6.40. The summed E-state index contributed by atoms with van der Waals surface area (Å²) >= 11 is 0. The lowest BCUT2D eigenvalue weighted by Crippen LogP contribution is -2.40. The molecule has 0 saturated carbocycles. The number of rotatable bonds is 7. The normalized spacial score (nSPS) is 24.2. The van der Waals surface area contributed by atoms with Gasteiger partial charge >= 0.3 is 0 Å². The average molecular weight is 244 g/mol. The summed E-state index contributed by atoms with van der Waals surface area (Å²) in [6, 6.07) is 0. The zero-order valence-corrected chi connectivity index (χ0v) is 11.0. The Morgan fingerprint density at radius 1 is 1.35 bits per heavy atom. The van der Waals surface area contributed by atoms with Crippen LogP contribution in [0.3, 0.4) is 0 Å². The highest BCUT2D eigenvalue weighted by Gasteiger charge is 2.29. The van der Waals surface area contributed by atoms with E-state index >= 15 is 0 Å². The summed E-state index contributed by atoms with van der Waals surface area (Å²) < 4.78 is 10.7. The van der Waals surface area contributed by atoms with Crippen LogP contribution in [0.4, 0.5) is 0 Å². The molecule has 0 aromatic rings. The molecule has 5 heteroatoms. The number of carbonyl (C=O) groups is 1. The van der Waals surface area contributed by atoms with Gasteiger partial charge in [0.25, 0.3) is 0 Å². The Kier molecular flexibility index (Phi) is 6.47. The van der Waals surface area contributed by atoms with Crippen molar-refractivity contribution >= 4 is 5.91 Å². The van der Waals surface area contributed by atoms with Crippen LogP contribution in [-0.4, -0.2) is 45.0 Å². The fraction of sp³-hybridized carbons (Fsp3) is 0.917. The van der Waals surface area contributed by atoms with Gasteiger partial charge in [-0.25, -0.2) is 0 Å². The third-order valence-electron chi connectivity index (χ3n) is 3.00. The molecule has 0 spiro atoms. The molecule has 1 aliphatic rings. The van der Waals surface area contributed by atoms with Gasteiger partial charge in [-0.2, -0.15) is 0 Å². The molecule has 0 aromatic heterocycles. The quantitative estimate of drug-likeness (QED) is 0.635. The van der Waals surface area contributed by atoms with Crippen molar-refractivity contribution in [1.29, 1.82) is 0 Å². The molecule has 1 aliphatic heterocycles. The summed E-state index contributed by atoms with van der Waals surface area (Å²) in [6.07, 6.45) is -0.335. The van der Waals surface area contributed by atoms with Gasteiger partial charge in [0.1, 0.15) is 0 Å². The zero-order valence-electron chi connectivity index (χ0n) is 11.0. The predicted octanol–water partition coefficient (Wildman–Crippen LogP) is 0.357. The highest BCUT2D eigenvalue weighted by atomic mass is 16.7. The van der Waals surface area contributed by atoms with Crippen LogP contribution in [0.5, 0.6) is 0 Å². The van der Waals surface area contributed by atoms with Crippen LogP contribution in [0, 0.1) is 11.8 Å². The van der Waals surface area contributed by atoms with Crippen molar-refractivity contribution in [2.75, 3.05) is 32.8 Å². The Hall–Kier alpha value is -0.650. The summed E-state index contributed by atoms with van der Waals surface area (Å²) in [6.45, 7) is 9.19. The van der Waals surface area contributed by atoms with E-state index in [1.165, 1.54) is 0 Å². The zero-order chi connectivity index (χ0) is 12.7. The van der Waals surface area contributed by atoms with Crippen LogP contribution in [0.25, 0.3) is 0 Å². The standard InChI is InChI=1S/C12H24N2O3/c1-4-16-11(17-5-2)8-14-12(15)10-7-13-6-9(10)3/h9-11,13H,4-8H2,1-3H3,(H,14,15)/t9-,10-/m1/s1. The number of hydrogen-bond acceptors (Lipinski definition) is 4. The Labute approximate surface area is 103 Å². The van der Waals surface area contributed by atoms with Gasteiger partial charge in [0.05, 0.1) is 12.5 Å². The first-order valence-electron chi connectivity index (χ1n) is 6.40. The Bertz CT molecular complexity index is 230. The van der Waals surface area contributed by atoms with Crippen molar-refractivity contribution in [3.05, 3.63) is 0 Å². The fourth-order valence-electron chi connectivity index (χ4n) is 2.01. The topological polar surface area (TPSA) is 59.6 Å². The molecule has 1 amide bonds. The lowest BCUT2D eigenvalue weighted by Gasteiger charge is -2.19. The Balaban J connectivity index is 2.29. The lowest BCUT2D eigenvalue weighted by atomic mass is 9.97. The average Bonchev–Trinajstić information content (AvgIpc) is 2.72. The molecule has 0 bridgehead atoms. The lowest BCUT2D eigenvalue weighted by molar-refractivity contribution is -0.142. The molecule has 0 radical (unpaired) electrons. The van der Waals surface area contributed by atoms with Gasteiger partial charge in [-0.15, -0.1) is 0 Å². The van der Waals surface area contributed by atoms with Crippen LogP contribution >= 0.6 is 0 Å². The van der Waals surface area contributed by atoms with E-state index in [1.807, 2.05) is 13.8 Å². The number of nitrogens with one attached hydrogen (secondary N) is 2. The predicted molar refractivity (Wildman–Crippen MR) is 65.6 cm³/mol. The molecule has 5 nitrogen and oxygen atoms in total.